The van der Waals surface area contributed by atoms with E-state index in [1.165, 1.54) is 6.92 Å². The van der Waals surface area contributed by atoms with Gasteiger partial charge in [0.1, 0.15) is 0 Å². The van der Waals surface area contributed by atoms with Crippen molar-refractivity contribution in [2.75, 3.05) is 10.2 Å². The third kappa shape index (κ3) is 3.59. The molecule has 1 aliphatic rings. The molecule has 118 valence electrons. The van der Waals surface area contributed by atoms with Crippen LogP contribution in [0, 0.1) is 6.92 Å². The van der Waals surface area contributed by atoms with Crippen LogP contribution in [0.4, 0.5) is 11.4 Å². The molecule has 1 aliphatic carbocycles. The summed E-state index contributed by atoms with van der Waals surface area (Å²) in [5.41, 5.74) is 3.39. The summed E-state index contributed by atoms with van der Waals surface area (Å²) in [5, 5.41) is 2.74. The lowest BCUT2D eigenvalue weighted by Crippen LogP contribution is -2.33. The first-order chi connectivity index (χ1) is 11.0. The summed E-state index contributed by atoms with van der Waals surface area (Å²) in [4.78, 5) is 25.9. The van der Waals surface area contributed by atoms with Gasteiger partial charge in [-0.05, 0) is 56.2 Å². The number of carbonyl (C=O) groups excluding carboxylic acids is 2. The van der Waals surface area contributed by atoms with Gasteiger partial charge in [-0.15, -0.1) is 0 Å². The van der Waals surface area contributed by atoms with Crippen molar-refractivity contribution in [2.24, 2.45) is 0 Å². The first kappa shape index (κ1) is 15.3. The predicted octanol–water partition coefficient (Wildman–Crippen LogP) is 3.76. The van der Waals surface area contributed by atoms with Crippen molar-refractivity contribution in [1.82, 2.24) is 0 Å². The van der Waals surface area contributed by atoms with Crippen LogP contribution >= 0.6 is 0 Å². The van der Waals surface area contributed by atoms with Crippen LogP contribution in [0.15, 0.2) is 48.5 Å². The van der Waals surface area contributed by atoms with Crippen LogP contribution in [-0.2, 0) is 4.79 Å². The Hall–Kier alpha value is -2.62. The molecule has 0 saturated heterocycles. The maximum absolute atomic E-state index is 12.9. The van der Waals surface area contributed by atoms with Crippen molar-refractivity contribution in [3.8, 4) is 0 Å². The third-order valence-electron chi connectivity index (χ3n) is 3.86. The molecule has 4 heteroatoms. The zero-order valence-electron chi connectivity index (χ0n) is 13.4. The van der Waals surface area contributed by atoms with Gasteiger partial charge in [-0.1, -0.05) is 17.7 Å². The standard InChI is InChI=1S/C19H20N2O2/c1-13-4-3-5-15(12-13)19(23)21(18-10-11-18)17-8-6-16(7-9-17)20-14(2)22/h3-9,12,18H,10-11H2,1-2H3,(H,20,22). The summed E-state index contributed by atoms with van der Waals surface area (Å²) in [6.45, 7) is 3.46. The van der Waals surface area contributed by atoms with Crippen molar-refractivity contribution in [3.05, 3.63) is 59.7 Å². The van der Waals surface area contributed by atoms with E-state index in [0.717, 1.165) is 29.8 Å². The van der Waals surface area contributed by atoms with E-state index in [2.05, 4.69) is 5.32 Å². The summed E-state index contributed by atoms with van der Waals surface area (Å²) in [6.07, 6.45) is 2.07. The van der Waals surface area contributed by atoms with Gasteiger partial charge in [-0.2, -0.15) is 0 Å². The summed E-state index contributed by atoms with van der Waals surface area (Å²) in [6, 6.07) is 15.4. The quantitative estimate of drug-likeness (QED) is 0.935. The van der Waals surface area contributed by atoms with Gasteiger partial charge in [0, 0.05) is 29.9 Å². The van der Waals surface area contributed by atoms with Gasteiger partial charge in [-0.3, -0.25) is 9.59 Å². The number of benzene rings is 2. The maximum Gasteiger partial charge on any atom is 0.258 e. The Kier molecular flexibility index (Phi) is 4.15. The normalized spacial score (nSPS) is 13.5. The lowest BCUT2D eigenvalue weighted by molar-refractivity contribution is -0.114. The highest BCUT2D eigenvalue weighted by molar-refractivity contribution is 6.07. The second kappa shape index (κ2) is 6.24. The molecule has 1 fully saturated rings. The van der Waals surface area contributed by atoms with Gasteiger partial charge in [0.15, 0.2) is 0 Å². The second-order valence-electron chi connectivity index (χ2n) is 6.00. The van der Waals surface area contributed by atoms with Crippen LogP contribution in [0.2, 0.25) is 0 Å². The highest BCUT2D eigenvalue weighted by Gasteiger charge is 2.34. The molecule has 0 aromatic heterocycles. The minimum Gasteiger partial charge on any atom is -0.326 e. The average Bonchev–Trinajstić information content (AvgIpc) is 3.33. The molecule has 2 amide bonds. The predicted molar refractivity (Wildman–Crippen MR) is 91.8 cm³/mol. The van der Waals surface area contributed by atoms with E-state index in [9.17, 15) is 9.59 Å². The van der Waals surface area contributed by atoms with Gasteiger partial charge in [0.05, 0.1) is 0 Å². The number of hydrogen-bond acceptors (Lipinski definition) is 2. The van der Waals surface area contributed by atoms with Gasteiger partial charge in [0.2, 0.25) is 5.91 Å². The van der Waals surface area contributed by atoms with Crippen LogP contribution in [0.3, 0.4) is 0 Å². The third-order valence-corrected chi connectivity index (χ3v) is 3.86. The fraction of sp³-hybridized carbons (Fsp3) is 0.263. The van der Waals surface area contributed by atoms with Crippen molar-refractivity contribution in [1.29, 1.82) is 0 Å². The minimum absolute atomic E-state index is 0.0310. The van der Waals surface area contributed by atoms with Gasteiger partial charge < -0.3 is 10.2 Å². The summed E-state index contributed by atoms with van der Waals surface area (Å²) in [7, 11) is 0. The van der Waals surface area contributed by atoms with Crippen molar-refractivity contribution >= 4 is 23.2 Å². The van der Waals surface area contributed by atoms with Crippen molar-refractivity contribution in [3.63, 3.8) is 0 Å². The van der Waals surface area contributed by atoms with Crippen LogP contribution in [0.1, 0.15) is 35.7 Å². The SMILES string of the molecule is CC(=O)Nc1ccc(N(C(=O)c2cccc(C)c2)C2CC2)cc1. The molecule has 2 aromatic rings. The highest BCUT2D eigenvalue weighted by atomic mass is 16.2. The molecule has 0 spiro atoms. The Morgan fingerprint density at radius 2 is 1.78 bits per heavy atom. The van der Waals surface area contributed by atoms with E-state index in [-0.39, 0.29) is 17.9 Å². The van der Waals surface area contributed by atoms with Gasteiger partial charge in [-0.25, -0.2) is 0 Å². The average molecular weight is 308 g/mol. The molecule has 0 radical (unpaired) electrons. The molecule has 23 heavy (non-hydrogen) atoms. The van der Waals surface area contributed by atoms with Crippen LogP contribution in [-0.4, -0.2) is 17.9 Å². The second-order valence-corrected chi connectivity index (χ2v) is 6.00. The topological polar surface area (TPSA) is 49.4 Å². The number of nitrogens with one attached hydrogen (secondary N) is 1. The Labute approximate surface area is 136 Å². The molecule has 1 saturated carbocycles. The Morgan fingerprint density at radius 1 is 1.09 bits per heavy atom. The summed E-state index contributed by atoms with van der Waals surface area (Å²) < 4.78 is 0. The summed E-state index contributed by atoms with van der Waals surface area (Å²) in [5.74, 6) is -0.0730. The van der Waals surface area contributed by atoms with E-state index < -0.39 is 0 Å². The Morgan fingerprint density at radius 3 is 2.35 bits per heavy atom. The minimum atomic E-state index is -0.104. The number of aryl methyl sites for hydroxylation is 1. The number of amides is 2. The monoisotopic (exact) mass is 308 g/mol. The number of hydrogen-bond donors (Lipinski definition) is 1. The molecule has 0 bridgehead atoms. The molecule has 3 rings (SSSR count). The van der Waals surface area contributed by atoms with Crippen LogP contribution in [0.25, 0.3) is 0 Å². The van der Waals surface area contributed by atoms with E-state index >= 15 is 0 Å². The molecule has 2 aromatic carbocycles. The van der Waals surface area contributed by atoms with Crippen LogP contribution in [0.5, 0.6) is 0 Å². The molecular weight excluding hydrogens is 288 g/mol. The lowest BCUT2D eigenvalue weighted by Gasteiger charge is -2.23. The lowest BCUT2D eigenvalue weighted by atomic mass is 10.1. The molecular formula is C19H20N2O2. The van der Waals surface area contributed by atoms with E-state index in [0.29, 0.717) is 5.56 Å². The molecule has 0 heterocycles. The molecule has 0 unspecified atom stereocenters. The maximum atomic E-state index is 12.9. The smallest absolute Gasteiger partial charge is 0.258 e. The van der Waals surface area contributed by atoms with Crippen molar-refractivity contribution in [2.45, 2.75) is 32.7 Å². The van der Waals surface area contributed by atoms with E-state index in [4.69, 9.17) is 0 Å². The zero-order chi connectivity index (χ0) is 16.4. The Bertz CT molecular complexity index is 733. The highest BCUT2D eigenvalue weighted by Crippen LogP contribution is 2.33. The van der Waals surface area contributed by atoms with Crippen molar-refractivity contribution < 1.29 is 9.59 Å². The van der Waals surface area contributed by atoms with Gasteiger partial charge >= 0.3 is 0 Å². The first-order valence-electron chi connectivity index (χ1n) is 7.82. The number of carbonyl (C=O) groups is 2. The fourth-order valence-electron chi connectivity index (χ4n) is 2.65. The first-order valence-corrected chi connectivity index (χ1v) is 7.82. The molecule has 4 nitrogen and oxygen atoms in total. The number of rotatable bonds is 4. The summed E-state index contributed by atoms with van der Waals surface area (Å²) >= 11 is 0. The molecule has 0 aliphatic heterocycles. The number of anilines is 2. The molecule has 0 atom stereocenters. The largest absolute Gasteiger partial charge is 0.326 e. The molecule has 1 N–H and O–H groups in total. The van der Waals surface area contributed by atoms with Crippen LogP contribution < -0.4 is 10.2 Å². The van der Waals surface area contributed by atoms with E-state index in [1.807, 2.05) is 60.4 Å². The van der Waals surface area contributed by atoms with Gasteiger partial charge in [0.25, 0.3) is 5.91 Å². The number of nitrogens with zero attached hydrogens (tertiary/aromatic N) is 1. The fourth-order valence-corrected chi connectivity index (χ4v) is 2.65. The van der Waals surface area contributed by atoms with E-state index in [1.54, 1.807) is 0 Å². The zero-order valence-corrected chi connectivity index (χ0v) is 13.4. The Balaban J connectivity index is 1.87.